The number of sulfone groups is 1. The van der Waals surface area contributed by atoms with Crippen molar-refractivity contribution >= 4 is 48.0 Å². The zero-order chi connectivity index (χ0) is 23.9. The maximum Gasteiger partial charge on any atom is 0.431 e. The predicted octanol–water partition coefficient (Wildman–Crippen LogP) is 4.35. The molecular weight excluding hydrogens is 477 g/mol. The van der Waals surface area contributed by atoms with E-state index < -0.39 is 33.3 Å². The molecule has 0 unspecified atom stereocenters. The molecule has 0 amide bonds. The quantitative estimate of drug-likeness (QED) is 0.424. The van der Waals surface area contributed by atoms with E-state index >= 15 is 0 Å². The van der Waals surface area contributed by atoms with Crippen LogP contribution >= 0.6 is 11.3 Å². The summed E-state index contributed by atoms with van der Waals surface area (Å²) in [4.78, 5) is 17.8. The highest BCUT2D eigenvalue weighted by molar-refractivity contribution is 7.92. The van der Waals surface area contributed by atoms with E-state index in [2.05, 4.69) is 4.98 Å². The normalized spacial score (nSPS) is 15.1. The molecule has 0 bridgehead atoms. The number of anilines is 1. The minimum Gasteiger partial charge on any atom is -0.399 e. The predicted molar refractivity (Wildman–Crippen MR) is 121 cm³/mol. The van der Waals surface area contributed by atoms with Crippen molar-refractivity contribution in [2.45, 2.75) is 36.9 Å². The molecule has 5 rings (SSSR count). The van der Waals surface area contributed by atoms with Gasteiger partial charge in [-0.05, 0) is 31.0 Å². The minimum absolute atomic E-state index is 0.00159. The van der Waals surface area contributed by atoms with Crippen molar-refractivity contribution in [3.05, 3.63) is 40.3 Å². The molecule has 0 spiro atoms. The Hall–Kier alpha value is -2.86. The molecule has 1 saturated carbocycles. The molecule has 12 heteroatoms. The third-order valence-corrected chi connectivity index (χ3v) is 8.93. The molecule has 33 heavy (non-hydrogen) atoms. The number of rotatable bonds is 4. The van der Waals surface area contributed by atoms with E-state index in [1.54, 1.807) is 18.2 Å². The Morgan fingerprint density at radius 3 is 2.55 bits per heavy atom. The number of alkyl halides is 3. The molecule has 0 saturated heterocycles. The minimum atomic E-state index is -4.72. The zero-order valence-electron chi connectivity index (χ0n) is 17.6. The molecule has 3 heterocycles. The number of hydrogen-bond donors (Lipinski definition) is 1. The van der Waals surface area contributed by atoms with Crippen LogP contribution in [0.2, 0.25) is 0 Å². The molecule has 1 aromatic carbocycles. The number of fused-ring (bicyclic) bond motifs is 2. The van der Waals surface area contributed by atoms with Gasteiger partial charge in [-0.1, -0.05) is 13.0 Å². The van der Waals surface area contributed by atoms with Gasteiger partial charge in [0.05, 0.1) is 21.0 Å². The van der Waals surface area contributed by atoms with Crippen molar-refractivity contribution in [2.24, 2.45) is 7.05 Å². The first kappa shape index (κ1) is 22.0. The summed E-state index contributed by atoms with van der Waals surface area (Å²) in [5.74, 6) is -0.0529. The molecular formula is C21H19F3N4O3S2. The van der Waals surface area contributed by atoms with Crippen molar-refractivity contribution in [1.82, 2.24) is 14.1 Å². The van der Waals surface area contributed by atoms with Gasteiger partial charge in [0.2, 0.25) is 0 Å². The Balaban J connectivity index is 1.87. The molecule has 1 aliphatic rings. The van der Waals surface area contributed by atoms with Gasteiger partial charge in [-0.25, -0.2) is 13.4 Å². The number of pyridine rings is 1. The van der Waals surface area contributed by atoms with Crippen molar-refractivity contribution in [3.63, 3.8) is 0 Å². The molecule has 0 atom stereocenters. The highest BCUT2D eigenvalue weighted by Crippen LogP contribution is 2.44. The molecule has 0 radical (unpaired) electrons. The molecule has 174 valence electrons. The Kier molecular flexibility index (Phi) is 4.70. The van der Waals surface area contributed by atoms with E-state index in [4.69, 9.17) is 5.73 Å². The van der Waals surface area contributed by atoms with Gasteiger partial charge in [0.15, 0.2) is 15.7 Å². The maximum absolute atomic E-state index is 13.7. The van der Waals surface area contributed by atoms with E-state index in [0.29, 0.717) is 28.6 Å². The van der Waals surface area contributed by atoms with Crippen LogP contribution in [0.4, 0.5) is 18.9 Å². The summed E-state index contributed by atoms with van der Waals surface area (Å²) in [5, 5.41) is 0.462. The topological polar surface area (TPSA) is 100.0 Å². The number of nitrogen functional groups attached to an aromatic ring is 1. The summed E-state index contributed by atoms with van der Waals surface area (Å²) in [5.41, 5.74) is 4.36. The number of halogens is 3. The summed E-state index contributed by atoms with van der Waals surface area (Å²) < 4.78 is 70.0. The van der Waals surface area contributed by atoms with Crippen LogP contribution in [0.15, 0.2) is 34.0 Å². The zero-order valence-corrected chi connectivity index (χ0v) is 19.2. The average Bonchev–Trinajstić information content (AvgIpc) is 3.41. The summed E-state index contributed by atoms with van der Waals surface area (Å²) in [7, 11) is -2.22. The Bertz CT molecular complexity index is 1610. The van der Waals surface area contributed by atoms with Crippen LogP contribution in [0.3, 0.4) is 0 Å². The van der Waals surface area contributed by atoms with Crippen molar-refractivity contribution in [3.8, 4) is 10.7 Å². The van der Waals surface area contributed by atoms with Crippen molar-refractivity contribution < 1.29 is 21.6 Å². The second kappa shape index (κ2) is 7.07. The van der Waals surface area contributed by atoms with Crippen LogP contribution in [0, 0.1) is 0 Å². The summed E-state index contributed by atoms with van der Waals surface area (Å²) in [6.07, 6.45) is -3.73. The third kappa shape index (κ3) is 3.34. The number of benzene rings is 1. The lowest BCUT2D eigenvalue weighted by Crippen LogP contribution is -2.28. The van der Waals surface area contributed by atoms with Gasteiger partial charge < -0.3 is 10.3 Å². The average molecular weight is 497 g/mol. The van der Waals surface area contributed by atoms with Gasteiger partial charge in [-0.15, -0.1) is 11.3 Å². The summed E-state index contributed by atoms with van der Waals surface area (Å²) in [6, 6.07) is 5.21. The largest absolute Gasteiger partial charge is 0.431 e. The second-order valence-corrected chi connectivity index (χ2v) is 11.3. The van der Waals surface area contributed by atoms with Crippen LogP contribution in [0.25, 0.3) is 31.8 Å². The van der Waals surface area contributed by atoms with Crippen LogP contribution in [-0.4, -0.2) is 28.3 Å². The fourth-order valence-electron chi connectivity index (χ4n) is 4.10. The molecule has 1 aliphatic carbocycles. The number of imidazole rings is 1. The molecule has 1 fully saturated rings. The van der Waals surface area contributed by atoms with E-state index in [-0.39, 0.29) is 32.4 Å². The number of hydrogen-bond acceptors (Lipinski definition) is 6. The molecule has 2 N–H and O–H groups in total. The Labute approximate surface area is 190 Å². The maximum atomic E-state index is 13.7. The van der Waals surface area contributed by atoms with Gasteiger partial charge >= 0.3 is 6.18 Å². The fourth-order valence-corrected chi connectivity index (χ4v) is 7.02. The number of nitrogens with two attached hydrogens (primary N) is 1. The molecule has 0 aliphatic heterocycles. The first-order valence-electron chi connectivity index (χ1n) is 10.2. The van der Waals surface area contributed by atoms with Crippen molar-refractivity contribution in [1.29, 1.82) is 0 Å². The number of aryl methyl sites for hydroxylation is 1. The van der Waals surface area contributed by atoms with E-state index in [1.165, 1.54) is 18.5 Å². The first-order chi connectivity index (χ1) is 15.4. The first-order valence-corrected chi connectivity index (χ1v) is 12.6. The lowest BCUT2D eigenvalue weighted by atomic mass is 10.2. The smallest absolute Gasteiger partial charge is 0.399 e. The Morgan fingerprint density at radius 1 is 1.24 bits per heavy atom. The summed E-state index contributed by atoms with van der Waals surface area (Å²) >= 11 is 1.13. The SMILES string of the molecule is CCS(=O)(=O)c1c(-c2nc3cc(C(F)(F)F)n(C4CC4)c(=O)c3n2C)sc2cc(N)ccc12. The molecule has 4 aromatic rings. The van der Waals surface area contributed by atoms with Gasteiger partial charge in [-0.3, -0.25) is 9.36 Å². The lowest BCUT2D eigenvalue weighted by Gasteiger charge is -2.15. The lowest BCUT2D eigenvalue weighted by molar-refractivity contribution is -0.144. The van der Waals surface area contributed by atoms with Crippen molar-refractivity contribution in [2.75, 3.05) is 11.5 Å². The second-order valence-electron chi connectivity index (χ2n) is 8.08. The van der Waals surface area contributed by atoms with Crippen LogP contribution in [-0.2, 0) is 23.1 Å². The fraction of sp³-hybridized carbons (Fsp3) is 0.333. The standard InChI is InChI=1S/C21H19F3N4O3S2/c1-3-33(30,31)18-12-7-4-10(25)8-14(12)32-17(18)19-26-13-9-15(21(22,23)24)28(11-5-6-11)20(29)16(13)27(19)2/h4,7-9,11H,3,5-6,25H2,1-2H3. The van der Waals surface area contributed by atoms with Crippen LogP contribution in [0.1, 0.15) is 31.5 Å². The van der Waals surface area contributed by atoms with Gasteiger partial charge in [0, 0.05) is 28.9 Å². The highest BCUT2D eigenvalue weighted by atomic mass is 32.2. The van der Waals surface area contributed by atoms with Crippen LogP contribution < -0.4 is 11.3 Å². The third-order valence-electron chi connectivity index (χ3n) is 5.84. The van der Waals surface area contributed by atoms with E-state index in [0.717, 1.165) is 22.0 Å². The van der Waals surface area contributed by atoms with E-state index in [1.807, 2.05) is 0 Å². The Morgan fingerprint density at radius 2 is 1.94 bits per heavy atom. The molecule has 7 nitrogen and oxygen atoms in total. The number of nitrogens with zero attached hydrogens (tertiary/aromatic N) is 3. The number of thiophene rings is 1. The van der Waals surface area contributed by atoms with Gasteiger partial charge in [-0.2, -0.15) is 13.2 Å². The van der Waals surface area contributed by atoms with Crippen LogP contribution in [0.5, 0.6) is 0 Å². The van der Waals surface area contributed by atoms with Gasteiger partial charge in [0.25, 0.3) is 5.56 Å². The molecule has 3 aromatic heterocycles. The van der Waals surface area contributed by atoms with E-state index in [9.17, 15) is 26.4 Å². The highest BCUT2D eigenvalue weighted by Gasteiger charge is 2.40. The number of aromatic nitrogens is 3. The van der Waals surface area contributed by atoms with Gasteiger partial charge in [0.1, 0.15) is 11.2 Å². The monoisotopic (exact) mass is 496 g/mol. The summed E-state index contributed by atoms with van der Waals surface area (Å²) in [6.45, 7) is 1.51.